The van der Waals surface area contributed by atoms with Gasteiger partial charge in [0.25, 0.3) is 0 Å². The molecule has 0 spiro atoms. The molecule has 0 rings (SSSR count). The van der Waals surface area contributed by atoms with E-state index in [4.69, 9.17) is 15.5 Å². The summed E-state index contributed by atoms with van der Waals surface area (Å²) < 4.78 is 0. The Labute approximate surface area is 201 Å². The van der Waals surface area contributed by atoms with Crippen LogP contribution in [-0.4, -0.2) is 24.6 Å². The minimum atomic E-state index is -1.91. The van der Waals surface area contributed by atoms with Gasteiger partial charge in [0.05, 0.1) is 0 Å². The standard InChI is InChI=1S/C28H60BrP/c1-8-15-19-26(12-5)23-30(29,22-18-11-4,24-27(13-6)20-16-9-2)25-28(14-7)21-17-10-3/h26-28H,8-25H2,1-7H3. The SMILES string of the molecule is CCCCC(CC)CP(Br)(CCCC)(CC(CC)CCCC)CC(CC)CCCC. The Hall–Kier alpha value is 0.910. The maximum atomic E-state index is 4.82. The van der Waals surface area contributed by atoms with Crippen molar-refractivity contribution in [3.05, 3.63) is 0 Å². The maximum absolute atomic E-state index is 4.82. The molecule has 0 aliphatic carbocycles. The van der Waals surface area contributed by atoms with E-state index in [1.165, 1.54) is 115 Å². The third-order valence-electron chi connectivity index (χ3n) is 7.84. The molecule has 0 saturated carbocycles. The Morgan fingerprint density at radius 1 is 0.500 bits per heavy atom. The first-order valence-electron chi connectivity index (χ1n) is 14.1. The molecule has 0 nitrogen and oxygen atoms in total. The molecular formula is C28H60BrP. The third kappa shape index (κ3) is 12.2. The van der Waals surface area contributed by atoms with Crippen molar-refractivity contribution in [3.8, 4) is 0 Å². The first-order valence-corrected chi connectivity index (χ1v) is 19.1. The minimum absolute atomic E-state index is 0.936. The summed E-state index contributed by atoms with van der Waals surface area (Å²) >= 11 is 4.82. The van der Waals surface area contributed by atoms with E-state index >= 15 is 0 Å². The van der Waals surface area contributed by atoms with Gasteiger partial charge in [-0.3, -0.25) is 0 Å². The van der Waals surface area contributed by atoms with Crippen LogP contribution in [0.25, 0.3) is 0 Å². The van der Waals surface area contributed by atoms with Crippen LogP contribution in [-0.2, 0) is 0 Å². The summed E-state index contributed by atoms with van der Waals surface area (Å²) in [5.41, 5.74) is 0. The molecule has 0 aliphatic heterocycles. The van der Waals surface area contributed by atoms with Crippen molar-refractivity contribution in [2.45, 2.75) is 138 Å². The molecule has 2 heteroatoms. The van der Waals surface area contributed by atoms with Crippen LogP contribution in [0, 0.1) is 17.8 Å². The van der Waals surface area contributed by atoms with Gasteiger partial charge in [0.2, 0.25) is 0 Å². The molecule has 0 N–H and O–H groups in total. The van der Waals surface area contributed by atoms with Gasteiger partial charge >= 0.3 is 202 Å². The van der Waals surface area contributed by atoms with Gasteiger partial charge in [-0.05, 0) is 0 Å². The second-order valence-electron chi connectivity index (χ2n) is 10.7. The van der Waals surface area contributed by atoms with E-state index in [2.05, 4.69) is 48.5 Å². The second-order valence-corrected chi connectivity index (χ2v) is 21.9. The zero-order valence-electron chi connectivity index (χ0n) is 22.3. The molecule has 0 heterocycles. The predicted molar refractivity (Wildman–Crippen MR) is 150 cm³/mol. The van der Waals surface area contributed by atoms with Gasteiger partial charge in [0.15, 0.2) is 0 Å². The van der Waals surface area contributed by atoms with E-state index in [9.17, 15) is 0 Å². The van der Waals surface area contributed by atoms with Crippen molar-refractivity contribution < 1.29 is 0 Å². The molecule has 0 saturated heterocycles. The number of hydrogen-bond acceptors (Lipinski definition) is 0. The van der Waals surface area contributed by atoms with Crippen LogP contribution in [0.4, 0.5) is 0 Å². The van der Waals surface area contributed by atoms with Crippen molar-refractivity contribution in [1.29, 1.82) is 0 Å². The monoisotopic (exact) mass is 506 g/mol. The average Bonchev–Trinajstić information content (AvgIpc) is 2.76. The van der Waals surface area contributed by atoms with Crippen LogP contribution in [0.1, 0.15) is 138 Å². The third-order valence-corrected chi connectivity index (χ3v) is 17.2. The van der Waals surface area contributed by atoms with Crippen LogP contribution in [0.15, 0.2) is 0 Å². The van der Waals surface area contributed by atoms with Crippen molar-refractivity contribution in [3.63, 3.8) is 0 Å². The topological polar surface area (TPSA) is 0 Å². The molecule has 0 aromatic heterocycles. The molecule has 30 heavy (non-hydrogen) atoms. The molecule has 0 radical (unpaired) electrons. The fourth-order valence-electron chi connectivity index (χ4n) is 5.74. The number of hydrogen-bond donors (Lipinski definition) is 0. The molecular weight excluding hydrogens is 447 g/mol. The van der Waals surface area contributed by atoms with Gasteiger partial charge in [0.1, 0.15) is 0 Å². The van der Waals surface area contributed by atoms with E-state index in [1.807, 2.05) is 0 Å². The molecule has 0 aliphatic rings. The Morgan fingerprint density at radius 2 is 0.800 bits per heavy atom. The summed E-state index contributed by atoms with van der Waals surface area (Å²) in [6.45, 7) is 16.9. The van der Waals surface area contributed by atoms with Gasteiger partial charge in [-0.2, -0.15) is 0 Å². The molecule has 0 aromatic rings. The van der Waals surface area contributed by atoms with E-state index in [-0.39, 0.29) is 0 Å². The molecule has 0 amide bonds. The fourth-order valence-corrected chi connectivity index (χ4v) is 17.5. The van der Waals surface area contributed by atoms with E-state index in [0.29, 0.717) is 0 Å². The summed E-state index contributed by atoms with van der Waals surface area (Å²) in [6, 6.07) is 0. The number of unbranched alkanes of at least 4 members (excludes halogenated alkanes) is 4. The van der Waals surface area contributed by atoms with Gasteiger partial charge in [-0.25, -0.2) is 0 Å². The molecule has 3 unspecified atom stereocenters. The van der Waals surface area contributed by atoms with E-state index < -0.39 is 5.31 Å². The summed E-state index contributed by atoms with van der Waals surface area (Å²) in [5.74, 6) is 2.81. The van der Waals surface area contributed by atoms with E-state index in [1.54, 1.807) is 0 Å². The van der Waals surface area contributed by atoms with Crippen LogP contribution >= 0.6 is 20.8 Å². The van der Waals surface area contributed by atoms with Crippen LogP contribution in [0.2, 0.25) is 0 Å². The van der Waals surface area contributed by atoms with Gasteiger partial charge in [0, 0.05) is 0 Å². The Bertz CT molecular complexity index is 346. The van der Waals surface area contributed by atoms with Crippen molar-refractivity contribution in [2.24, 2.45) is 17.8 Å². The van der Waals surface area contributed by atoms with Crippen LogP contribution < -0.4 is 0 Å². The first-order chi connectivity index (χ1) is 14.3. The van der Waals surface area contributed by atoms with Crippen LogP contribution in [0.5, 0.6) is 0 Å². The van der Waals surface area contributed by atoms with Crippen molar-refractivity contribution in [2.75, 3.05) is 24.6 Å². The van der Waals surface area contributed by atoms with Gasteiger partial charge < -0.3 is 0 Å². The van der Waals surface area contributed by atoms with E-state index in [0.717, 1.165) is 17.8 Å². The Kier molecular flexibility index (Phi) is 17.9. The molecule has 184 valence electrons. The quantitative estimate of drug-likeness (QED) is 0.136. The second kappa shape index (κ2) is 17.4. The zero-order chi connectivity index (χ0) is 22.9. The van der Waals surface area contributed by atoms with Crippen molar-refractivity contribution in [1.82, 2.24) is 0 Å². The number of halogens is 1. The van der Waals surface area contributed by atoms with Gasteiger partial charge in [-0.15, -0.1) is 0 Å². The van der Waals surface area contributed by atoms with Crippen molar-refractivity contribution >= 4 is 20.8 Å². The first kappa shape index (κ1) is 30.9. The van der Waals surface area contributed by atoms with Crippen LogP contribution in [0.3, 0.4) is 0 Å². The molecule has 0 aromatic carbocycles. The predicted octanol–water partition coefficient (Wildman–Crippen LogP) is 11.3. The summed E-state index contributed by atoms with van der Waals surface area (Å²) in [5, 5.41) is -1.91. The Balaban J connectivity index is 5.96. The molecule has 0 bridgehead atoms. The molecule has 3 atom stereocenters. The molecule has 0 fully saturated rings. The zero-order valence-corrected chi connectivity index (χ0v) is 24.8. The number of rotatable bonds is 21. The summed E-state index contributed by atoms with van der Waals surface area (Å²) in [4.78, 5) is 0. The summed E-state index contributed by atoms with van der Waals surface area (Å²) in [6.07, 6.45) is 25.7. The fraction of sp³-hybridized carbons (Fsp3) is 1.00. The average molecular weight is 508 g/mol. The summed E-state index contributed by atoms with van der Waals surface area (Å²) in [7, 11) is 0. The normalized spacial score (nSPS) is 16.7. The van der Waals surface area contributed by atoms with Gasteiger partial charge in [-0.1, -0.05) is 0 Å². The Morgan fingerprint density at radius 3 is 1.03 bits per heavy atom.